The molecule has 2 heterocycles. The predicted molar refractivity (Wildman–Crippen MR) is 85.5 cm³/mol. The number of imidazole rings is 1. The first-order valence-corrected chi connectivity index (χ1v) is 7.17. The monoisotopic (exact) mass is 295 g/mol. The second-order valence-electron chi connectivity index (χ2n) is 4.90. The molecule has 0 atom stereocenters. The van der Waals surface area contributed by atoms with E-state index in [9.17, 15) is 4.79 Å². The molecule has 0 radical (unpaired) electrons. The lowest BCUT2D eigenvalue weighted by molar-refractivity contribution is 0.102. The molecule has 1 N–H and O–H groups in total. The van der Waals surface area contributed by atoms with Crippen molar-refractivity contribution in [2.45, 2.75) is 13.8 Å². The first-order chi connectivity index (χ1) is 10.7. The molecule has 3 aromatic rings. The van der Waals surface area contributed by atoms with Crippen LogP contribution in [0.2, 0.25) is 0 Å². The van der Waals surface area contributed by atoms with E-state index in [0.717, 1.165) is 11.3 Å². The molecule has 5 heteroatoms. The van der Waals surface area contributed by atoms with Crippen LogP contribution >= 0.6 is 0 Å². The number of carbonyl (C=O) groups is 1. The maximum atomic E-state index is 12.4. The Morgan fingerprint density at radius 1 is 1.23 bits per heavy atom. The van der Waals surface area contributed by atoms with Gasteiger partial charge in [0.2, 0.25) is 0 Å². The second kappa shape index (κ2) is 5.89. The normalized spacial score (nSPS) is 10.6. The molecule has 1 aromatic carbocycles. The molecule has 0 aliphatic carbocycles. The number of pyridine rings is 1. The van der Waals surface area contributed by atoms with E-state index >= 15 is 0 Å². The summed E-state index contributed by atoms with van der Waals surface area (Å²) in [6.45, 7) is 4.42. The maximum absolute atomic E-state index is 12.4. The van der Waals surface area contributed by atoms with Crippen LogP contribution in [0.1, 0.15) is 23.1 Å². The van der Waals surface area contributed by atoms with Gasteiger partial charge in [-0.05, 0) is 38.1 Å². The summed E-state index contributed by atoms with van der Waals surface area (Å²) in [5.74, 6) is 0.397. The summed E-state index contributed by atoms with van der Waals surface area (Å²) in [4.78, 5) is 16.8. The Kier molecular flexibility index (Phi) is 3.78. The van der Waals surface area contributed by atoms with Crippen molar-refractivity contribution in [2.75, 3.05) is 11.9 Å². The van der Waals surface area contributed by atoms with Gasteiger partial charge in [0.25, 0.3) is 5.91 Å². The standard InChI is InChI=1S/C17H17N3O2/c1-3-22-15-9-5-4-8-13(15)19-17(21)14-11-20-12(2)7-6-10-16(20)18-14/h4-11H,3H2,1-2H3,(H,19,21). The minimum absolute atomic E-state index is 0.254. The topological polar surface area (TPSA) is 55.6 Å². The third-order valence-electron chi connectivity index (χ3n) is 3.36. The van der Waals surface area contributed by atoms with Gasteiger partial charge in [0.1, 0.15) is 17.1 Å². The molecule has 5 nitrogen and oxygen atoms in total. The molecule has 0 bridgehead atoms. The van der Waals surface area contributed by atoms with E-state index < -0.39 is 0 Å². The Morgan fingerprint density at radius 2 is 2.05 bits per heavy atom. The van der Waals surface area contributed by atoms with Crippen molar-refractivity contribution in [2.24, 2.45) is 0 Å². The summed E-state index contributed by atoms with van der Waals surface area (Å²) in [6, 6.07) is 13.1. The second-order valence-corrected chi connectivity index (χ2v) is 4.90. The van der Waals surface area contributed by atoms with Gasteiger partial charge < -0.3 is 14.5 Å². The number of para-hydroxylation sites is 2. The van der Waals surface area contributed by atoms with Gasteiger partial charge in [-0.3, -0.25) is 4.79 Å². The number of nitrogens with zero attached hydrogens (tertiary/aromatic N) is 2. The van der Waals surface area contributed by atoms with Gasteiger partial charge in [0.15, 0.2) is 0 Å². The molecule has 0 unspecified atom stereocenters. The lowest BCUT2D eigenvalue weighted by Crippen LogP contribution is -2.13. The van der Waals surface area contributed by atoms with Crippen molar-refractivity contribution in [3.8, 4) is 5.75 Å². The molecule has 0 spiro atoms. The molecule has 0 saturated carbocycles. The number of anilines is 1. The Morgan fingerprint density at radius 3 is 2.82 bits per heavy atom. The van der Waals surface area contributed by atoms with E-state index in [1.165, 1.54) is 0 Å². The van der Waals surface area contributed by atoms with Gasteiger partial charge >= 0.3 is 0 Å². The molecule has 2 aromatic heterocycles. The lowest BCUT2D eigenvalue weighted by atomic mass is 10.3. The number of aromatic nitrogens is 2. The van der Waals surface area contributed by atoms with Crippen LogP contribution in [0.25, 0.3) is 5.65 Å². The van der Waals surface area contributed by atoms with Gasteiger partial charge in [0.05, 0.1) is 12.3 Å². The zero-order chi connectivity index (χ0) is 15.5. The van der Waals surface area contributed by atoms with Crippen molar-refractivity contribution in [3.63, 3.8) is 0 Å². The van der Waals surface area contributed by atoms with E-state index in [2.05, 4.69) is 10.3 Å². The smallest absolute Gasteiger partial charge is 0.275 e. The zero-order valence-electron chi connectivity index (χ0n) is 12.5. The molecule has 112 valence electrons. The summed E-state index contributed by atoms with van der Waals surface area (Å²) in [6.07, 6.45) is 1.74. The summed E-state index contributed by atoms with van der Waals surface area (Å²) >= 11 is 0. The first-order valence-electron chi connectivity index (χ1n) is 7.17. The van der Waals surface area contributed by atoms with Gasteiger partial charge in [-0.2, -0.15) is 0 Å². The minimum atomic E-state index is -0.254. The molecule has 3 rings (SSSR count). The molecule has 22 heavy (non-hydrogen) atoms. The molecule has 0 aliphatic rings. The number of carbonyl (C=O) groups excluding carboxylic acids is 1. The minimum Gasteiger partial charge on any atom is -0.492 e. The van der Waals surface area contributed by atoms with Gasteiger partial charge in [-0.15, -0.1) is 0 Å². The van der Waals surface area contributed by atoms with Crippen LogP contribution in [0.15, 0.2) is 48.7 Å². The van der Waals surface area contributed by atoms with E-state index in [4.69, 9.17) is 4.74 Å². The van der Waals surface area contributed by atoms with E-state index in [1.54, 1.807) is 6.20 Å². The zero-order valence-corrected chi connectivity index (χ0v) is 12.5. The average molecular weight is 295 g/mol. The van der Waals surface area contributed by atoms with Crippen LogP contribution in [0.5, 0.6) is 5.75 Å². The first kappa shape index (κ1) is 14.1. The van der Waals surface area contributed by atoms with E-state index in [-0.39, 0.29) is 5.91 Å². The van der Waals surface area contributed by atoms with Crippen LogP contribution in [-0.4, -0.2) is 21.9 Å². The Balaban J connectivity index is 1.89. The fourth-order valence-electron chi connectivity index (χ4n) is 2.30. The van der Waals surface area contributed by atoms with Crippen LogP contribution in [0.3, 0.4) is 0 Å². The molecule has 0 fully saturated rings. The Hall–Kier alpha value is -2.82. The van der Waals surface area contributed by atoms with Crippen LogP contribution in [0.4, 0.5) is 5.69 Å². The summed E-state index contributed by atoms with van der Waals surface area (Å²) < 4.78 is 7.40. The third-order valence-corrected chi connectivity index (χ3v) is 3.36. The quantitative estimate of drug-likeness (QED) is 0.803. The van der Waals surface area contributed by atoms with Crippen molar-refractivity contribution >= 4 is 17.2 Å². The number of hydrogen-bond acceptors (Lipinski definition) is 3. The maximum Gasteiger partial charge on any atom is 0.275 e. The number of nitrogens with one attached hydrogen (secondary N) is 1. The summed E-state index contributed by atoms with van der Waals surface area (Å²) in [7, 11) is 0. The number of aryl methyl sites for hydroxylation is 1. The number of fused-ring (bicyclic) bond motifs is 1. The molecule has 0 aliphatic heterocycles. The summed E-state index contributed by atoms with van der Waals surface area (Å²) in [5, 5.41) is 2.85. The van der Waals surface area contributed by atoms with Crippen molar-refractivity contribution in [1.82, 2.24) is 9.38 Å². The molecule has 1 amide bonds. The third kappa shape index (κ3) is 2.65. The number of rotatable bonds is 4. The van der Waals surface area contributed by atoms with E-state index in [0.29, 0.717) is 23.7 Å². The van der Waals surface area contributed by atoms with Crippen LogP contribution in [-0.2, 0) is 0 Å². The van der Waals surface area contributed by atoms with Gasteiger partial charge in [0, 0.05) is 11.9 Å². The molecule has 0 saturated heterocycles. The summed E-state index contributed by atoms with van der Waals surface area (Å²) in [5.41, 5.74) is 2.80. The molecular weight excluding hydrogens is 278 g/mol. The number of benzene rings is 1. The average Bonchev–Trinajstić information content (AvgIpc) is 2.95. The number of hydrogen-bond donors (Lipinski definition) is 1. The fraction of sp³-hybridized carbons (Fsp3) is 0.176. The highest BCUT2D eigenvalue weighted by atomic mass is 16.5. The highest BCUT2D eigenvalue weighted by Gasteiger charge is 2.13. The van der Waals surface area contributed by atoms with Crippen molar-refractivity contribution in [1.29, 1.82) is 0 Å². The largest absolute Gasteiger partial charge is 0.492 e. The van der Waals surface area contributed by atoms with Gasteiger partial charge in [-0.25, -0.2) is 4.98 Å². The SMILES string of the molecule is CCOc1ccccc1NC(=O)c1cn2c(C)cccc2n1. The van der Waals surface area contributed by atoms with Crippen molar-refractivity contribution < 1.29 is 9.53 Å². The van der Waals surface area contributed by atoms with Crippen LogP contribution in [0, 0.1) is 6.92 Å². The highest BCUT2D eigenvalue weighted by molar-refractivity contribution is 6.04. The number of ether oxygens (including phenoxy) is 1. The van der Waals surface area contributed by atoms with E-state index in [1.807, 2.05) is 60.7 Å². The lowest BCUT2D eigenvalue weighted by Gasteiger charge is -2.10. The molecular formula is C17H17N3O2. The Labute approximate surface area is 128 Å². The fourth-order valence-corrected chi connectivity index (χ4v) is 2.30. The Bertz CT molecular complexity index is 824. The van der Waals surface area contributed by atoms with Crippen molar-refractivity contribution in [3.05, 3.63) is 60.0 Å². The predicted octanol–water partition coefficient (Wildman–Crippen LogP) is 3.29. The highest BCUT2D eigenvalue weighted by Crippen LogP contribution is 2.24. The van der Waals surface area contributed by atoms with Crippen LogP contribution < -0.4 is 10.1 Å². The van der Waals surface area contributed by atoms with Gasteiger partial charge in [-0.1, -0.05) is 18.2 Å². The number of amides is 1.